The molecule has 0 saturated heterocycles. The average molecular weight is 136 g/mol. The summed E-state index contributed by atoms with van der Waals surface area (Å²) in [6.07, 6.45) is 1.79. The fourth-order valence-electron chi connectivity index (χ4n) is 1.29. The van der Waals surface area contributed by atoms with E-state index in [4.69, 9.17) is 0 Å². The average Bonchev–Trinajstić information content (AvgIpc) is 2.39. The summed E-state index contributed by atoms with van der Waals surface area (Å²) in [5.74, 6) is 0.0313. The number of carbonyl (C=O) groups excluding carboxylic acids is 1. The molecular weight excluding hydrogens is 128 g/mol. The smallest absolute Gasteiger partial charge is 0.253 e. The standard InChI is InChI=1S/C7H8N2O/c1-4-6-5(2-3-8-6)7(10)9-4/h2-4,8H,1H3,(H,9,10)/t4-/m0/s1. The number of H-pyrrole nitrogens is 1. The van der Waals surface area contributed by atoms with Crippen LogP contribution in [0.5, 0.6) is 0 Å². The molecule has 10 heavy (non-hydrogen) atoms. The SMILES string of the molecule is C[C@@H]1NC(=O)c2cc[nH]c21. The molecule has 0 aliphatic carbocycles. The van der Waals surface area contributed by atoms with Gasteiger partial charge in [-0.05, 0) is 13.0 Å². The van der Waals surface area contributed by atoms with Crippen LogP contribution in [0.1, 0.15) is 29.0 Å². The van der Waals surface area contributed by atoms with Gasteiger partial charge >= 0.3 is 0 Å². The summed E-state index contributed by atoms with van der Waals surface area (Å²) in [5, 5.41) is 2.79. The minimum atomic E-state index is 0.0313. The van der Waals surface area contributed by atoms with Crippen molar-refractivity contribution in [2.75, 3.05) is 0 Å². The Kier molecular flexibility index (Phi) is 0.897. The Morgan fingerprint density at radius 2 is 2.40 bits per heavy atom. The van der Waals surface area contributed by atoms with Crippen LogP contribution in [-0.4, -0.2) is 10.9 Å². The normalized spacial score (nSPS) is 22.5. The predicted molar refractivity (Wildman–Crippen MR) is 36.7 cm³/mol. The lowest BCUT2D eigenvalue weighted by Gasteiger charge is -1.99. The summed E-state index contributed by atoms with van der Waals surface area (Å²) in [6.45, 7) is 1.96. The molecule has 1 aromatic rings. The Morgan fingerprint density at radius 1 is 1.60 bits per heavy atom. The highest BCUT2D eigenvalue weighted by Crippen LogP contribution is 2.22. The van der Waals surface area contributed by atoms with Gasteiger partial charge in [0.1, 0.15) is 0 Å². The van der Waals surface area contributed by atoms with Gasteiger partial charge in [0.15, 0.2) is 0 Å². The van der Waals surface area contributed by atoms with Crippen LogP contribution >= 0.6 is 0 Å². The summed E-state index contributed by atoms with van der Waals surface area (Å²) in [7, 11) is 0. The van der Waals surface area contributed by atoms with Crippen LogP contribution in [0.2, 0.25) is 0 Å². The molecule has 0 fully saturated rings. The third kappa shape index (κ3) is 0.518. The fraction of sp³-hybridized carbons (Fsp3) is 0.286. The van der Waals surface area contributed by atoms with Gasteiger partial charge in [-0.25, -0.2) is 0 Å². The molecule has 2 rings (SSSR count). The summed E-state index contributed by atoms with van der Waals surface area (Å²) >= 11 is 0. The minimum absolute atomic E-state index is 0.0313. The van der Waals surface area contributed by atoms with Crippen LogP contribution in [0, 0.1) is 0 Å². The molecule has 2 heterocycles. The Balaban J connectivity index is 2.58. The van der Waals surface area contributed by atoms with Crippen molar-refractivity contribution < 1.29 is 4.79 Å². The summed E-state index contributed by atoms with van der Waals surface area (Å²) in [5.41, 5.74) is 1.79. The molecular formula is C7H8N2O. The van der Waals surface area contributed by atoms with E-state index in [1.807, 2.05) is 6.92 Å². The molecule has 1 aliphatic rings. The van der Waals surface area contributed by atoms with Gasteiger partial charge in [-0.1, -0.05) is 0 Å². The highest BCUT2D eigenvalue weighted by atomic mass is 16.2. The highest BCUT2D eigenvalue weighted by molar-refractivity contribution is 5.98. The number of amides is 1. The van der Waals surface area contributed by atoms with Gasteiger partial charge in [0.25, 0.3) is 5.91 Å². The third-order valence-corrected chi connectivity index (χ3v) is 1.80. The largest absolute Gasteiger partial charge is 0.363 e. The third-order valence-electron chi connectivity index (χ3n) is 1.80. The van der Waals surface area contributed by atoms with Crippen molar-refractivity contribution in [2.24, 2.45) is 0 Å². The van der Waals surface area contributed by atoms with Crippen molar-refractivity contribution in [1.29, 1.82) is 0 Å². The van der Waals surface area contributed by atoms with Crippen LogP contribution < -0.4 is 5.32 Å². The molecule has 1 atom stereocenters. The summed E-state index contributed by atoms with van der Waals surface area (Å²) in [4.78, 5) is 14.0. The van der Waals surface area contributed by atoms with Crippen molar-refractivity contribution in [3.63, 3.8) is 0 Å². The van der Waals surface area contributed by atoms with Crippen molar-refractivity contribution >= 4 is 5.91 Å². The first-order valence-corrected chi connectivity index (χ1v) is 3.27. The van der Waals surface area contributed by atoms with Gasteiger partial charge in [0, 0.05) is 6.20 Å². The zero-order chi connectivity index (χ0) is 7.14. The van der Waals surface area contributed by atoms with E-state index in [9.17, 15) is 4.79 Å². The molecule has 1 aromatic heterocycles. The van der Waals surface area contributed by atoms with Gasteiger partial charge in [0.2, 0.25) is 0 Å². The first-order valence-electron chi connectivity index (χ1n) is 3.27. The van der Waals surface area contributed by atoms with E-state index < -0.39 is 0 Å². The maximum absolute atomic E-state index is 11.0. The Labute approximate surface area is 58.4 Å². The first kappa shape index (κ1) is 5.53. The van der Waals surface area contributed by atoms with E-state index >= 15 is 0 Å². The first-order chi connectivity index (χ1) is 4.79. The second kappa shape index (κ2) is 1.62. The summed E-state index contributed by atoms with van der Waals surface area (Å²) in [6, 6.07) is 1.95. The maximum atomic E-state index is 11.0. The Morgan fingerprint density at radius 3 is 3.10 bits per heavy atom. The van der Waals surface area contributed by atoms with Crippen molar-refractivity contribution in [2.45, 2.75) is 13.0 Å². The molecule has 0 unspecified atom stereocenters. The Bertz CT molecular complexity index is 277. The predicted octanol–water partition coefficient (Wildman–Crippen LogP) is 0.819. The monoisotopic (exact) mass is 136 g/mol. The number of rotatable bonds is 0. The van der Waals surface area contributed by atoms with Gasteiger partial charge in [0.05, 0.1) is 17.3 Å². The number of fused-ring (bicyclic) bond motifs is 1. The second-order valence-electron chi connectivity index (χ2n) is 2.50. The van der Waals surface area contributed by atoms with E-state index in [1.165, 1.54) is 0 Å². The lowest BCUT2D eigenvalue weighted by atomic mass is 10.2. The van der Waals surface area contributed by atoms with Crippen LogP contribution in [-0.2, 0) is 0 Å². The second-order valence-corrected chi connectivity index (χ2v) is 2.50. The van der Waals surface area contributed by atoms with Gasteiger partial charge in [-0.15, -0.1) is 0 Å². The quantitative estimate of drug-likeness (QED) is 0.545. The molecule has 3 heteroatoms. The van der Waals surface area contributed by atoms with Crippen molar-refractivity contribution in [1.82, 2.24) is 10.3 Å². The number of hydrogen-bond donors (Lipinski definition) is 2. The molecule has 1 aliphatic heterocycles. The van der Waals surface area contributed by atoms with Crippen LogP contribution in [0.3, 0.4) is 0 Å². The van der Waals surface area contributed by atoms with Crippen molar-refractivity contribution in [3.8, 4) is 0 Å². The van der Waals surface area contributed by atoms with Gasteiger partial charge in [-0.2, -0.15) is 0 Å². The molecule has 2 N–H and O–H groups in total. The van der Waals surface area contributed by atoms with Gasteiger partial charge in [-0.3, -0.25) is 4.79 Å². The van der Waals surface area contributed by atoms with E-state index in [0.29, 0.717) is 0 Å². The summed E-state index contributed by atoms with van der Waals surface area (Å²) < 4.78 is 0. The minimum Gasteiger partial charge on any atom is -0.363 e. The highest BCUT2D eigenvalue weighted by Gasteiger charge is 2.25. The number of aromatic nitrogens is 1. The van der Waals surface area contributed by atoms with E-state index in [-0.39, 0.29) is 11.9 Å². The topological polar surface area (TPSA) is 44.9 Å². The molecule has 52 valence electrons. The molecule has 1 amide bonds. The number of carbonyl (C=O) groups is 1. The van der Waals surface area contributed by atoms with Crippen LogP contribution in [0.4, 0.5) is 0 Å². The molecule has 0 saturated carbocycles. The van der Waals surface area contributed by atoms with Crippen LogP contribution in [0.25, 0.3) is 0 Å². The number of hydrogen-bond acceptors (Lipinski definition) is 1. The van der Waals surface area contributed by atoms with E-state index in [2.05, 4.69) is 10.3 Å². The molecule has 0 spiro atoms. The number of aromatic amines is 1. The van der Waals surface area contributed by atoms with E-state index in [1.54, 1.807) is 12.3 Å². The molecule has 0 radical (unpaired) electrons. The van der Waals surface area contributed by atoms with E-state index in [0.717, 1.165) is 11.3 Å². The van der Waals surface area contributed by atoms with Crippen LogP contribution in [0.15, 0.2) is 12.3 Å². The molecule has 0 bridgehead atoms. The lowest BCUT2D eigenvalue weighted by molar-refractivity contribution is 0.0958. The lowest BCUT2D eigenvalue weighted by Crippen LogP contribution is -2.16. The molecule has 3 nitrogen and oxygen atoms in total. The van der Waals surface area contributed by atoms with Gasteiger partial charge < -0.3 is 10.3 Å². The van der Waals surface area contributed by atoms with Crippen molar-refractivity contribution in [3.05, 3.63) is 23.5 Å². The fourth-order valence-corrected chi connectivity index (χ4v) is 1.29. The molecule has 0 aromatic carbocycles. The Hall–Kier alpha value is -1.25. The number of nitrogens with one attached hydrogen (secondary N) is 2. The zero-order valence-electron chi connectivity index (χ0n) is 5.64. The zero-order valence-corrected chi connectivity index (χ0v) is 5.64. The maximum Gasteiger partial charge on any atom is 0.253 e.